The van der Waals surface area contributed by atoms with Crippen LogP contribution in [0.3, 0.4) is 0 Å². The lowest BCUT2D eigenvalue weighted by Gasteiger charge is -2.39. The zero-order chi connectivity index (χ0) is 16.9. The number of hydrogen-bond donors (Lipinski definition) is 2. The fourth-order valence-corrected chi connectivity index (χ4v) is 3.88. The molecule has 0 unspecified atom stereocenters. The van der Waals surface area contributed by atoms with E-state index in [9.17, 15) is 9.59 Å². The lowest BCUT2D eigenvalue weighted by molar-refractivity contribution is -0.121. The van der Waals surface area contributed by atoms with E-state index >= 15 is 0 Å². The number of carbonyl (C=O) groups excluding carboxylic acids is 2. The second-order valence-electron chi connectivity index (χ2n) is 7.12. The van der Waals surface area contributed by atoms with Crippen LogP contribution < -0.4 is 10.6 Å². The Labute approximate surface area is 143 Å². The Morgan fingerprint density at radius 1 is 1.26 bits per heavy atom. The van der Waals surface area contributed by atoms with Gasteiger partial charge in [0.1, 0.15) is 0 Å². The highest BCUT2D eigenvalue weighted by Crippen LogP contribution is 2.40. The molecule has 0 aliphatic heterocycles. The molecule has 0 bridgehead atoms. The molecule has 128 valence electrons. The first-order chi connectivity index (χ1) is 10.9. The SMILES string of the molecule is CCC(C)(C)C1CCC(NC(=O)CNC(=O)c2cccs2)CC1. The van der Waals surface area contributed by atoms with Gasteiger partial charge < -0.3 is 10.6 Å². The molecule has 0 spiro atoms. The van der Waals surface area contributed by atoms with Crippen molar-refractivity contribution >= 4 is 23.2 Å². The fourth-order valence-electron chi connectivity index (χ4n) is 3.24. The maximum absolute atomic E-state index is 12.0. The van der Waals surface area contributed by atoms with E-state index < -0.39 is 0 Å². The van der Waals surface area contributed by atoms with E-state index in [1.165, 1.54) is 30.6 Å². The molecule has 1 heterocycles. The third-order valence-corrected chi connectivity index (χ3v) is 6.13. The summed E-state index contributed by atoms with van der Waals surface area (Å²) >= 11 is 1.38. The van der Waals surface area contributed by atoms with Crippen LogP contribution in [0.2, 0.25) is 0 Å². The Bertz CT molecular complexity index is 517. The predicted molar refractivity (Wildman–Crippen MR) is 94.6 cm³/mol. The summed E-state index contributed by atoms with van der Waals surface area (Å²) in [6.07, 6.45) is 5.63. The number of hydrogen-bond acceptors (Lipinski definition) is 3. The van der Waals surface area contributed by atoms with E-state index in [2.05, 4.69) is 31.4 Å². The molecule has 1 aromatic rings. The van der Waals surface area contributed by atoms with E-state index in [0.29, 0.717) is 10.3 Å². The van der Waals surface area contributed by atoms with Gasteiger partial charge in [-0.25, -0.2) is 0 Å². The zero-order valence-electron chi connectivity index (χ0n) is 14.4. The van der Waals surface area contributed by atoms with Crippen molar-refractivity contribution in [3.05, 3.63) is 22.4 Å². The van der Waals surface area contributed by atoms with Crippen LogP contribution in [0.4, 0.5) is 0 Å². The van der Waals surface area contributed by atoms with Gasteiger partial charge in [-0.15, -0.1) is 11.3 Å². The Balaban J connectivity index is 1.70. The standard InChI is InChI=1S/C18H28N2O2S/c1-4-18(2,3)13-7-9-14(10-8-13)20-16(21)12-19-17(22)15-6-5-11-23-15/h5-6,11,13-14H,4,7-10,12H2,1-3H3,(H,19,22)(H,20,21). The summed E-state index contributed by atoms with van der Waals surface area (Å²) in [6.45, 7) is 6.99. The van der Waals surface area contributed by atoms with Crippen LogP contribution in [0.1, 0.15) is 62.5 Å². The topological polar surface area (TPSA) is 58.2 Å². The molecule has 1 aliphatic carbocycles. The Morgan fingerprint density at radius 3 is 2.52 bits per heavy atom. The highest BCUT2D eigenvalue weighted by Gasteiger charge is 2.32. The van der Waals surface area contributed by atoms with Crippen LogP contribution >= 0.6 is 11.3 Å². The molecule has 2 amide bonds. The van der Waals surface area contributed by atoms with Crippen molar-refractivity contribution in [1.82, 2.24) is 10.6 Å². The second kappa shape index (κ2) is 7.95. The third kappa shape index (κ3) is 5.06. The summed E-state index contributed by atoms with van der Waals surface area (Å²) in [5, 5.41) is 7.59. The molecular formula is C18H28N2O2S. The molecular weight excluding hydrogens is 308 g/mol. The summed E-state index contributed by atoms with van der Waals surface area (Å²) in [5.41, 5.74) is 0.393. The van der Waals surface area contributed by atoms with Gasteiger partial charge >= 0.3 is 0 Å². The van der Waals surface area contributed by atoms with Crippen molar-refractivity contribution in [1.29, 1.82) is 0 Å². The normalized spacial score (nSPS) is 21.7. The van der Waals surface area contributed by atoms with Crippen molar-refractivity contribution < 1.29 is 9.59 Å². The highest BCUT2D eigenvalue weighted by molar-refractivity contribution is 7.12. The van der Waals surface area contributed by atoms with Gasteiger partial charge in [0.05, 0.1) is 11.4 Å². The monoisotopic (exact) mass is 336 g/mol. The van der Waals surface area contributed by atoms with E-state index in [4.69, 9.17) is 0 Å². The van der Waals surface area contributed by atoms with Crippen LogP contribution in [-0.4, -0.2) is 24.4 Å². The van der Waals surface area contributed by atoms with Gasteiger partial charge in [-0.1, -0.05) is 33.3 Å². The van der Waals surface area contributed by atoms with Gasteiger partial charge in [-0.05, 0) is 48.5 Å². The quantitative estimate of drug-likeness (QED) is 0.834. The fraction of sp³-hybridized carbons (Fsp3) is 0.667. The second-order valence-corrected chi connectivity index (χ2v) is 8.07. The molecule has 1 saturated carbocycles. The van der Waals surface area contributed by atoms with Crippen molar-refractivity contribution in [3.63, 3.8) is 0 Å². The van der Waals surface area contributed by atoms with Crippen LogP contribution in [0.15, 0.2) is 17.5 Å². The first-order valence-electron chi connectivity index (χ1n) is 8.53. The molecule has 0 aromatic carbocycles. The lowest BCUT2D eigenvalue weighted by Crippen LogP contribution is -2.44. The Hall–Kier alpha value is -1.36. The van der Waals surface area contributed by atoms with Crippen LogP contribution in [0.5, 0.6) is 0 Å². The predicted octanol–water partition coefficient (Wildman–Crippen LogP) is 3.59. The first kappa shape index (κ1) is 18.0. The van der Waals surface area contributed by atoms with Crippen LogP contribution in [-0.2, 0) is 4.79 Å². The van der Waals surface area contributed by atoms with Crippen molar-refractivity contribution in [2.75, 3.05) is 6.54 Å². The third-order valence-electron chi connectivity index (χ3n) is 5.26. The minimum Gasteiger partial charge on any atom is -0.352 e. The zero-order valence-corrected chi connectivity index (χ0v) is 15.2. The average Bonchev–Trinajstić information content (AvgIpc) is 3.07. The number of thiophene rings is 1. The number of carbonyl (C=O) groups is 2. The maximum Gasteiger partial charge on any atom is 0.261 e. The van der Waals surface area contributed by atoms with E-state index in [0.717, 1.165) is 18.8 Å². The van der Waals surface area contributed by atoms with Crippen molar-refractivity contribution in [3.8, 4) is 0 Å². The Kier molecular flexibility index (Phi) is 6.22. The molecule has 0 atom stereocenters. The van der Waals surface area contributed by atoms with Crippen LogP contribution in [0, 0.1) is 11.3 Å². The molecule has 0 saturated heterocycles. The molecule has 1 fully saturated rings. The van der Waals surface area contributed by atoms with Gasteiger partial charge in [-0.2, -0.15) is 0 Å². The first-order valence-corrected chi connectivity index (χ1v) is 9.41. The Morgan fingerprint density at radius 2 is 1.96 bits per heavy atom. The number of amides is 2. The molecule has 2 N–H and O–H groups in total. The van der Waals surface area contributed by atoms with Crippen molar-refractivity contribution in [2.24, 2.45) is 11.3 Å². The molecule has 0 radical (unpaired) electrons. The summed E-state index contributed by atoms with van der Waals surface area (Å²) in [6, 6.07) is 3.84. The summed E-state index contributed by atoms with van der Waals surface area (Å²) in [4.78, 5) is 24.4. The lowest BCUT2D eigenvalue weighted by atomic mass is 9.69. The minimum absolute atomic E-state index is 0.0527. The van der Waals surface area contributed by atoms with Crippen LogP contribution in [0.25, 0.3) is 0 Å². The van der Waals surface area contributed by atoms with Gasteiger partial charge in [0.2, 0.25) is 5.91 Å². The number of rotatable bonds is 6. The maximum atomic E-state index is 12.0. The molecule has 23 heavy (non-hydrogen) atoms. The van der Waals surface area contributed by atoms with E-state index in [1.54, 1.807) is 6.07 Å². The van der Waals surface area contributed by atoms with Gasteiger partial charge in [0.15, 0.2) is 0 Å². The van der Waals surface area contributed by atoms with E-state index in [1.807, 2.05) is 11.4 Å². The average molecular weight is 337 g/mol. The highest BCUT2D eigenvalue weighted by atomic mass is 32.1. The van der Waals surface area contributed by atoms with Gasteiger partial charge in [0, 0.05) is 6.04 Å². The molecule has 1 aromatic heterocycles. The summed E-state index contributed by atoms with van der Waals surface area (Å²) in [5.74, 6) is 0.482. The smallest absolute Gasteiger partial charge is 0.261 e. The molecule has 2 rings (SSSR count). The van der Waals surface area contributed by atoms with Crippen molar-refractivity contribution in [2.45, 2.75) is 58.9 Å². The van der Waals surface area contributed by atoms with Gasteiger partial charge in [0.25, 0.3) is 5.91 Å². The summed E-state index contributed by atoms with van der Waals surface area (Å²) in [7, 11) is 0. The minimum atomic E-state index is -0.177. The van der Waals surface area contributed by atoms with E-state index in [-0.39, 0.29) is 24.4 Å². The molecule has 5 heteroatoms. The van der Waals surface area contributed by atoms with Gasteiger partial charge in [-0.3, -0.25) is 9.59 Å². The molecule has 1 aliphatic rings. The molecule has 4 nitrogen and oxygen atoms in total. The summed E-state index contributed by atoms with van der Waals surface area (Å²) < 4.78 is 0. The number of nitrogens with one attached hydrogen (secondary N) is 2. The largest absolute Gasteiger partial charge is 0.352 e.